The second kappa shape index (κ2) is 4.93. The van der Waals surface area contributed by atoms with Crippen LogP contribution in [-0.4, -0.2) is 12.1 Å². The first-order valence-electron chi connectivity index (χ1n) is 6.99. The third kappa shape index (κ3) is 2.26. The van der Waals surface area contributed by atoms with E-state index in [0.717, 1.165) is 18.6 Å². The monoisotopic (exact) mass is 247 g/mol. The van der Waals surface area contributed by atoms with Crippen molar-refractivity contribution in [3.05, 3.63) is 29.8 Å². The summed E-state index contributed by atoms with van der Waals surface area (Å²) in [6.07, 6.45) is 2.30. The summed E-state index contributed by atoms with van der Waals surface area (Å²) in [4.78, 5) is 0. The zero-order valence-corrected chi connectivity index (χ0v) is 11.9. The van der Waals surface area contributed by atoms with E-state index in [-0.39, 0.29) is 17.6 Å². The van der Waals surface area contributed by atoms with E-state index in [2.05, 4.69) is 45.9 Å². The topological polar surface area (TPSA) is 35.2 Å². The maximum atomic E-state index is 6.14. The molecule has 0 bridgehead atoms. The highest BCUT2D eigenvalue weighted by Crippen LogP contribution is 2.44. The van der Waals surface area contributed by atoms with Gasteiger partial charge >= 0.3 is 0 Å². The van der Waals surface area contributed by atoms with Crippen molar-refractivity contribution in [2.75, 3.05) is 0 Å². The van der Waals surface area contributed by atoms with Crippen molar-refractivity contribution in [1.82, 2.24) is 0 Å². The molecular formula is C16H25NO. The quantitative estimate of drug-likeness (QED) is 0.880. The number of ether oxygens (including phenoxy) is 1. The van der Waals surface area contributed by atoms with Gasteiger partial charge in [0.1, 0.15) is 11.9 Å². The lowest BCUT2D eigenvalue weighted by Crippen LogP contribution is -2.61. The van der Waals surface area contributed by atoms with E-state index < -0.39 is 0 Å². The summed E-state index contributed by atoms with van der Waals surface area (Å²) in [5, 5.41) is 0. The Hall–Kier alpha value is -1.02. The first-order chi connectivity index (χ1) is 8.47. The lowest BCUT2D eigenvalue weighted by Gasteiger charge is -2.51. The molecule has 100 valence electrons. The molecule has 2 rings (SSSR count). The summed E-state index contributed by atoms with van der Waals surface area (Å²) in [6.45, 7) is 8.83. The van der Waals surface area contributed by atoms with Crippen molar-refractivity contribution in [3.63, 3.8) is 0 Å². The molecule has 0 aliphatic heterocycles. The van der Waals surface area contributed by atoms with Crippen LogP contribution in [0, 0.1) is 5.41 Å². The molecule has 2 N–H and O–H groups in total. The molecule has 3 atom stereocenters. The highest BCUT2D eigenvalue weighted by molar-refractivity contribution is 5.31. The molecule has 0 spiro atoms. The largest absolute Gasteiger partial charge is 0.490 e. The average Bonchev–Trinajstić information content (AvgIpc) is 2.37. The molecule has 2 nitrogen and oxygen atoms in total. The van der Waals surface area contributed by atoms with Crippen LogP contribution in [0.5, 0.6) is 5.75 Å². The van der Waals surface area contributed by atoms with Gasteiger partial charge in [-0.05, 0) is 30.0 Å². The minimum absolute atomic E-state index is 0.133. The van der Waals surface area contributed by atoms with Crippen LogP contribution in [0.2, 0.25) is 0 Å². The van der Waals surface area contributed by atoms with Gasteiger partial charge in [0.15, 0.2) is 0 Å². The van der Waals surface area contributed by atoms with Crippen LogP contribution in [0.4, 0.5) is 0 Å². The number of hydrogen-bond acceptors (Lipinski definition) is 2. The lowest BCUT2D eigenvalue weighted by molar-refractivity contribution is -0.0560. The normalized spacial score (nSPS) is 31.2. The van der Waals surface area contributed by atoms with Crippen LogP contribution in [0.1, 0.15) is 52.0 Å². The SMILES string of the molecule is CCC1(C)C(N)CC1Oc1cccc(C(C)C)c1. The second-order valence-corrected chi connectivity index (χ2v) is 6.04. The Balaban J connectivity index is 2.09. The van der Waals surface area contributed by atoms with E-state index >= 15 is 0 Å². The molecule has 18 heavy (non-hydrogen) atoms. The van der Waals surface area contributed by atoms with Gasteiger partial charge in [0.25, 0.3) is 0 Å². The average molecular weight is 247 g/mol. The predicted molar refractivity (Wildman–Crippen MR) is 75.9 cm³/mol. The molecule has 1 aromatic rings. The van der Waals surface area contributed by atoms with E-state index in [0.29, 0.717) is 5.92 Å². The van der Waals surface area contributed by atoms with Gasteiger partial charge in [-0.3, -0.25) is 0 Å². The van der Waals surface area contributed by atoms with Crippen molar-refractivity contribution in [2.24, 2.45) is 11.1 Å². The van der Waals surface area contributed by atoms with Gasteiger partial charge < -0.3 is 10.5 Å². The molecular weight excluding hydrogens is 222 g/mol. The van der Waals surface area contributed by atoms with E-state index in [1.54, 1.807) is 0 Å². The van der Waals surface area contributed by atoms with Crippen LogP contribution < -0.4 is 10.5 Å². The molecule has 1 saturated carbocycles. The van der Waals surface area contributed by atoms with Crippen molar-refractivity contribution in [3.8, 4) is 5.75 Å². The third-order valence-corrected chi connectivity index (χ3v) is 4.62. The van der Waals surface area contributed by atoms with E-state index in [1.807, 2.05) is 6.07 Å². The number of hydrogen-bond donors (Lipinski definition) is 1. The Kier molecular flexibility index (Phi) is 3.67. The van der Waals surface area contributed by atoms with Crippen LogP contribution in [0.15, 0.2) is 24.3 Å². The second-order valence-electron chi connectivity index (χ2n) is 6.04. The Morgan fingerprint density at radius 1 is 1.44 bits per heavy atom. The molecule has 3 unspecified atom stereocenters. The van der Waals surface area contributed by atoms with Crippen LogP contribution in [-0.2, 0) is 0 Å². The van der Waals surface area contributed by atoms with Gasteiger partial charge in [-0.25, -0.2) is 0 Å². The zero-order valence-electron chi connectivity index (χ0n) is 11.9. The van der Waals surface area contributed by atoms with Gasteiger partial charge in [-0.2, -0.15) is 0 Å². The van der Waals surface area contributed by atoms with Crippen LogP contribution in [0.3, 0.4) is 0 Å². The lowest BCUT2D eigenvalue weighted by atomic mass is 9.62. The van der Waals surface area contributed by atoms with Crippen LogP contribution in [0.25, 0.3) is 0 Å². The Labute approximate surface area is 111 Å². The summed E-state index contributed by atoms with van der Waals surface area (Å²) in [5.41, 5.74) is 7.57. The molecule has 0 amide bonds. The highest BCUT2D eigenvalue weighted by Gasteiger charge is 2.50. The van der Waals surface area contributed by atoms with E-state index in [4.69, 9.17) is 10.5 Å². The van der Waals surface area contributed by atoms with Crippen LogP contribution >= 0.6 is 0 Å². The maximum Gasteiger partial charge on any atom is 0.120 e. The molecule has 0 radical (unpaired) electrons. The molecule has 1 aliphatic rings. The summed E-state index contributed by atoms with van der Waals surface area (Å²) in [5.74, 6) is 1.52. The molecule has 1 fully saturated rings. The van der Waals surface area contributed by atoms with Gasteiger partial charge in [-0.15, -0.1) is 0 Å². The molecule has 0 heterocycles. The minimum atomic E-state index is 0.133. The Bertz CT molecular complexity index is 415. The summed E-state index contributed by atoms with van der Waals surface area (Å²) in [6, 6.07) is 8.72. The van der Waals surface area contributed by atoms with Crippen molar-refractivity contribution < 1.29 is 4.74 Å². The standard InChI is InChI=1S/C16H25NO/c1-5-16(4)14(17)10-15(16)18-13-8-6-7-12(9-13)11(2)3/h6-9,11,14-15H,5,10,17H2,1-4H3. The summed E-state index contributed by atoms with van der Waals surface area (Å²) < 4.78 is 6.14. The highest BCUT2D eigenvalue weighted by atomic mass is 16.5. The number of nitrogens with two attached hydrogens (primary N) is 1. The van der Waals surface area contributed by atoms with Gasteiger partial charge in [-0.1, -0.05) is 39.8 Å². The van der Waals surface area contributed by atoms with Gasteiger partial charge in [0.2, 0.25) is 0 Å². The fourth-order valence-corrected chi connectivity index (χ4v) is 2.63. The van der Waals surface area contributed by atoms with E-state index in [1.165, 1.54) is 5.56 Å². The predicted octanol–water partition coefficient (Wildman–Crippen LogP) is 3.70. The maximum absolute atomic E-state index is 6.14. The van der Waals surface area contributed by atoms with Gasteiger partial charge in [0.05, 0.1) is 0 Å². The van der Waals surface area contributed by atoms with Crippen molar-refractivity contribution in [1.29, 1.82) is 0 Å². The van der Waals surface area contributed by atoms with Crippen molar-refractivity contribution in [2.45, 2.75) is 58.6 Å². The van der Waals surface area contributed by atoms with Crippen molar-refractivity contribution >= 4 is 0 Å². The van der Waals surface area contributed by atoms with Gasteiger partial charge in [0, 0.05) is 17.9 Å². The molecule has 1 aliphatic carbocycles. The molecule has 1 aromatic carbocycles. The smallest absolute Gasteiger partial charge is 0.120 e. The first-order valence-corrected chi connectivity index (χ1v) is 6.99. The molecule has 0 saturated heterocycles. The first kappa shape index (κ1) is 13.4. The third-order valence-electron chi connectivity index (χ3n) is 4.62. The summed E-state index contributed by atoms with van der Waals surface area (Å²) >= 11 is 0. The Morgan fingerprint density at radius 2 is 2.17 bits per heavy atom. The number of rotatable bonds is 4. The molecule has 2 heteroatoms. The fraction of sp³-hybridized carbons (Fsp3) is 0.625. The molecule has 0 aromatic heterocycles. The zero-order chi connectivity index (χ0) is 13.3. The fourth-order valence-electron chi connectivity index (χ4n) is 2.63. The summed E-state index contributed by atoms with van der Waals surface area (Å²) in [7, 11) is 0. The Morgan fingerprint density at radius 3 is 2.72 bits per heavy atom. The van der Waals surface area contributed by atoms with E-state index in [9.17, 15) is 0 Å². The minimum Gasteiger partial charge on any atom is -0.490 e. The number of benzene rings is 1.